The highest BCUT2D eigenvalue weighted by Gasteiger charge is 2.28. The number of carbonyl (C=O) groups is 1. The average Bonchev–Trinajstić information content (AvgIpc) is 3.08. The lowest BCUT2D eigenvalue weighted by Gasteiger charge is -2.19. The highest BCUT2D eigenvalue weighted by Crippen LogP contribution is 2.28. The highest BCUT2D eigenvalue weighted by molar-refractivity contribution is 5.93. The van der Waals surface area contributed by atoms with Crippen LogP contribution in [-0.4, -0.2) is 23.4 Å². The summed E-state index contributed by atoms with van der Waals surface area (Å²) >= 11 is 0. The molecule has 5 heteroatoms. The number of nitrogens with zero attached hydrogens (tertiary/aromatic N) is 1. The van der Waals surface area contributed by atoms with E-state index in [0.29, 0.717) is 11.6 Å². The molecule has 0 unspecified atom stereocenters. The zero-order valence-corrected chi connectivity index (χ0v) is 10.1. The van der Waals surface area contributed by atoms with Crippen molar-refractivity contribution in [3.63, 3.8) is 0 Å². The van der Waals surface area contributed by atoms with Crippen LogP contribution in [0.3, 0.4) is 0 Å². The monoisotopic (exact) mass is 237 g/mol. The molecule has 17 heavy (non-hydrogen) atoms. The fourth-order valence-corrected chi connectivity index (χ4v) is 1.98. The summed E-state index contributed by atoms with van der Waals surface area (Å²) in [5.41, 5.74) is 2.58. The predicted octanol–water partition coefficient (Wildman–Crippen LogP) is 1.26. The van der Waals surface area contributed by atoms with E-state index in [9.17, 15) is 4.79 Å². The van der Waals surface area contributed by atoms with Crippen LogP contribution in [0.1, 0.15) is 42.3 Å². The van der Waals surface area contributed by atoms with Gasteiger partial charge in [-0.2, -0.15) is 0 Å². The van der Waals surface area contributed by atoms with Crippen molar-refractivity contribution < 1.29 is 9.21 Å². The minimum Gasteiger partial charge on any atom is -0.467 e. The Bertz CT molecular complexity index is 385. The summed E-state index contributed by atoms with van der Waals surface area (Å²) in [7, 11) is 0. The van der Waals surface area contributed by atoms with Gasteiger partial charge in [0.2, 0.25) is 0 Å². The van der Waals surface area contributed by atoms with Crippen LogP contribution in [0.15, 0.2) is 16.7 Å². The number of nitrogens with one attached hydrogen (secondary N) is 1. The molecule has 3 N–H and O–H groups in total. The molecule has 1 fully saturated rings. The molecule has 0 saturated heterocycles. The van der Waals surface area contributed by atoms with Gasteiger partial charge in [-0.25, -0.2) is 5.84 Å². The van der Waals surface area contributed by atoms with Gasteiger partial charge in [-0.05, 0) is 31.9 Å². The maximum absolute atomic E-state index is 11.3. The smallest absolute Gasteiger partial charge is 0.268 e. The van der Waals surface area contributed by atoms with E-state index >= 15 is 0 Å². The second-order valence-electron chi connectivity index (χ2n) is 4.48. The van der Waals surface area contributed by atoms with E-state index in [-0.39, 0.29) is 5.91 Å². The molecule has 1 amide bonds. The Balaban J connectivity index is 1.97. The molecule has 0 aliphatic heterocycles. The van der Waals surface area contributed by atoms with E-state index in [1.807, 2.05) is 0 Å². The molecule has 0 atom stereocenters. The number of nitrogen functional groups attached to an aromatic ring is 1. The van der Waals surface area contributed by atoms with Crippen molar-refractivity contribution >= 4 is 5.91 Å². The second-order valence-corrected chi connectivity index (χ2v) is 4.48. The lowest BCUT2D eigenvalue weighted by molar-refractivity contribution is 0.0953. The first-order chi connectivity index (χ1) is 8.24. The van der Waals surface area contributed by atoms with Gasteiger partial charge in [0, 0.05) is 6.04 Å². The van der Waals surface area contributed by atoms with E-state index < -0.39 is 0 Å². The Kier molecular flexibility index (Phi) is 3.81. The molecule has 1 heterocycles. The maximum atomic E-state index is 11.3. The fourth-order valence-electron chi connectivity index (χ4n) is 1.98. The maximum Gasteiger partial charge on any atom is 0.268 e. The third-order valence-electron chi connectivity index (χ3n) is 2.98. The number of amides is 1. The largest absolute Gasteiger partial charge is 0.467 e. The summed E-state index contributed by atoms with van der Waals surface area (Å²) in [6.07, 6.45) is 5.13. The molecule has 1 saturated carbocycles. The SMILES string of the molecule is CCCN(Cc1cc(C(=O)NN)co1)C1CC1. The van der Waals surface area contributed by atoms with Crippen LogP contribution in [0.5, 0.6) is 0 Å². The number of hydrazine groups is 1. The summed E-state index contributed by atoms with van der Waals surface area (Å²) < 4.78 is 5.38. The van der Waals surface area contributed by atoms with E-state index in [4.69, 9.17) is 10.3 Å². The van der Waals surface area contributed by atoms with Gasteiger partial charge < -0.3 is 4.42 Å². The second kappa shape index (κ2) is 5.33. The Morgan fingerprint density at radius 1 is 1.65 bits per heavy atom. The normalized spacial score (nSPS) is 15.2. The molecule has 0 aromatic carbocycles. The lowest BCUT2D eigenvalue weighted by Crippen LogP contribution is -2.29. The number of rotatable bonds is 6. The number of hydrogen-bond acceptors (Lipinski definition) is 4. The van der Waals surface area contributed by atoms with Crippen LogP contribution in [0.25, 0.3) is 0 Å². The van der Waals surface area contributed by atoms with Crippen molar-refractivity contribution in [2.45, 2.75) is 38.8 Å². The van der Waals surface area contributed by atoms with Crippen LogP contribution < -0.4 is 11.3 Å². The van der Waals surface area contributed by atoms with Crippen molar-refractivity contribution in [2.75, 3.05) is 6.54 Å². The number of furan rings is 1. The summed E-state index contributed by atoms with van der Waals surface area (Å²) in [4.78, 5) is 13.7. The van der Waals surface area contributed by atoms with Gasteiger partial charge in [-0.1, -0.05) is 6.92 Å². The fraction of sp³-hybridized carbons (Fsp3) is 0.583. The minimum absolute atomic E-state index is 0.312. The van der Waals surface area contributed by atoms with Crippen molar-refractivity contribution in [3.8, 4) is 0 Å². The Morgan fingerprint density at radius 3 is 3.00 bits per heavy atom. The van der Waals surface area contributed by atoms with Crippen LogP contribution in [0.2, 0.25) is 0 Å². The Labute approximate surface area is 101 Å². The zero-order valence-electron chi connectivity index (χ0n) is 10.1. The Morgan fingerprint density at radius 2 is 2.41 bits per heavy atom. The minimum atomic E-state index is -0.312. The number of nitrogens with two attached hydrogens (primary N) is 1. The molecule has 1 aromatic rings. The van der Waals surface area contributed by atoms with Crippen LogP contribution in [0, 0.1) is 0 Å². The molecule has 1 aliphatic carbocycles. The predicted molar refractivity (Wildman–Crippen MR) is 64.1 cm³/mol. The van der Waals surface area contributed by atoms with Crippen molar-refractivity contribution in [3.05, 3.63) is 23.7 Å². The van der Waals surface area contributed by atoms with E-state index in [1.54, 1.807) is 6.07 Å². The first kappa shape index (κ1) is 12.1. The van der Waals surface area contributed by atoms with Gasteiger partial charge in [0.25, 0.3) is 5.91 Å². The van der Waals surface area contributed by atoms with E-state index in [1.165, 1.54) is 19.1 Å². The Hall–Kier alpha value is -1.33. The molecule has 0 spiro atoms. The summed E-state index contributed by atoms with van der Waals surface area (Å²) in [6.45, 7) is 4.02. The molecule has 2 rings (SSSR count). The first-order valence-electron chi connectivity index (χ1n) is 6.07. The van der Waals surface area contributed by atoms with Gasteiger partial charge in [0.1, 0.15) is 12.0 Å². The number of hydrogen-bond donors (Lipinski definition) is 2. The van der Waals surface area contributed by atoms with Crippen molar-refractivity contribution in [1.82, 2.24) is 10.3 Å². The molecule has 5 nitrogen and oxygen atoms in total. The van der Waals surface area contributed by atoms with Crippen LogP contribution >= 0.6 is 0 Å². The summed E-state index contributed by atoms with van der Waals surface area (Å²) in [5, 5.41) is 0. The molecular formula is C12H19N3O2. The average molecular weight is 237 g/mol. The summed E-state index contributed by atoms with van der Waals surface area (Å²) in [5.74, 6) is 5.58. The number of carbonyl (C=O) groups excluding carboxylic acids is 1. The van der Waals surface area contributed by atoms with Crippen LogP contribution in [0.4, 0.5) is 0 Å². The first-order valence-corrected chi connectivity index (χ1v) is 6.07. The van der Waals surface area contributed by atoms with Gasteiger partial charge in [0.05, 0.1) is 12.1 Å². The third kappa shape index (κ3) is 3.08. The van der Waals surface area contributed by atoms with Gasteiger partial charge in [0.15, 0.2) is 0 Å². The van der Waals surface area contributed by atoms with E-state index in [2.05, 4.69) is 17.2 Å². The standard InChI is InChI=1S/C12H19N3O2/c1-2-5-15(10-3-4-10)7-11-6-9(8-17-11)12(16)14-13/h6,8,10H,2-5,7,13H2,1H3,(H,14,16). The lowest BCUT2D eigenvalue weighted by atomic mass is 10.3. The third-order valence-corrected chi connectivity index (χ3v) is 2.98. The molecule has 1 aliphatic rings. The molecule has 0 radical (unpaired) electrons. The topological polar surface area (TPSA) is 71.5 Å². The van der Waals surface area contributed by atoms with Gasteiger partial charge in [-0.3, -0.25) is 15.1 Å². The van der Waals surface area contributed by atoms with Crippen LogP contribution in [-0.2, 0) is 6.54 Å². The molecule has 0 bridgehead atoms. The highest BCUT2D eigenvalue weighted by atomic mass is 16.3. The molecular weight excluding hydrogens is 218 g/mol. The zero-order chi connectivity index (χ0) is 12.3. The van der Waals surface area contributed by atoms with Gasteiger partial charge in [-0.15, -0.1) is 0 Å². The van der Waals surface area contributed by atoms with E-state index in [0.717, 1.165) is 25.3 Å². The summed E-state index contributed by atoms with van der Waals surface area (Å²) in [6, 6.07) is 2.46. The molecule has 1 aromatic heterocycles. The molecule has 94 valence electrons. The van der Waals surface area contributed by atoms with Gasteiger partial charge >= 0.3 is 0 Å². The quantitative estimate of drug-likeness (QED) is 0.444. The van der Waals surface area contributed by atoms with Crippen molar-refractivity contribution in [2.24, 2.45) is 5.84 Å². The van der Waals surface area contributed by atoms with Crippen molar-refractivity contribution in [1.29, 1.82) is 0 Å².